The third kappa shape index (κ3) is 3.88. The summed E-state index contributed by atoms with van der Waals surface area (Å²) in [5, 5.41) is 0. The predicted molar refractivity (Wildman–Crippen MR) is 103 cm³/mol. The third-order valence-electron chi connectivity index (χ3n) is 4.66. The van der Waals surface area contributed by atoms with Crippen molar-refractivity contribution >= 4 is 17.6 Å². The number of ether oxygens (including phenoxy) is 4. The van der Waals surface area contributed by atoms with Crippen LogP contribution in [0.25, 0.3) is 0 Å². The second-order valence-electron chi connectivity index (χ2n) is 6.24. The first-order valence-electron chi connectivity index (χ1n) is 8.92. The molecule has 0 unspecified atom stereocenters. The van der Waals surface area contributed by atoms with Gasteiger partial charge in [-0.25, -0.2) is 4.79 Å². The molecule has 0 N–H and O–H groups in total. The summed E-state index contributed by atoms with van der Waals surface area (Å²) < 4.78 is 21.3. The fraction of sp³-hybridized carbons (Fsp3) is 0.333. The molecule has 28 heavy (non-hydrogen) atoms. The van der Waals surface area contributed by atoms with Crippen LogP contribution in [0.4, 0.5) is 5.69 Å². The molecule has 3 rings (SSSR count). The molecule has 0 saturated heterocycles. The van der Waals surface area contributed by atoms with Gasteiger partial charge in [-0.1, -0.05) is 18.2 Å². The van der Waals surface area contributed by atoms with Crippen molar-refractivity contribution in [2.75, 3.05) is 32.8 Å². The van der Waals surface area contributed by atoms with E-state index < -0.39 is 12.1 Å². The van der Waals surface area contributed by atoms with Gasteiger partial charge in [0.15, 0.2) is 0 Å². The van der Waals surface area contributed by atoms with E-state index in [2.05, 4.69) is 0 Å². The number of benzene rings is 2. The topological polar surface area (TPSA) is 74.3 Å². The zero-order valence-corrected chi connectivity index (χ0v) is 16.1. The van der Waals surface area contributed by atoms with Gasteiger partial charge in [0.05, 0.1) is 33.6 Å². The van der Waals surface area contributed by atoms with Crippen molar-refractivity contribution in [1.29, 1.82) is 0 Å². The number of hydrogen-bond donors (Lipinski definition) is 0. The number of hydrogen-bond acceptors (Lipinski definition) is 6. The summed E-state index contributed by atoms with van der Waals surface area (Å²) in [7, 11) is 4.46. The van der Waals surface area contributed by atoms with Gasteiger partial charge in [-0.05, 0) is 30.7 Å². The van der Waals surface area contributed by atoms with Crippen LogP contribution >= 0.6 is 0 Å². The molecule has 0 fully saturated rings. The number of carbonyl (C=O) groups is 2. The lowest BCUT2D eigenvalue weighted by Crippen LogP contribution is -2.47. The minimum absolute atomic E-state index is 0.103. The number of para-hydroxylation sites is 2. The van der Waals surface area contributed by atoms with Crippen molar-refractivity contribution in [2.24, 2.45) is 0 Å². The second-order valence-corrected chi connectivity index (χ2v) is 6.24. The maximum Gasteiger partial charge on any atom is 0.348 e. The van der Waals surface area contributed by atoms with Gasteiger partial charge in [0, 0.05) is 12.0 Å². The van der Waals surface area contributed by atoms with E-state index in [1.165, 1.54) is 7.11 Å². The Balaban J connectivity index is 1.81. The number of nitrogens with zero attached hydrogens (tertiary/aromatic N) is 1. The molecule has 1 aliphatic rings. The molecular formula is C21H23NO6. The van der Waals surface area contributed by atoms with Gasteiger partial charge in [-0.3, -0.25) is 4.79 Å². The van der Waals surface area contributed by atoms with Crippen LogP contribution in [0, 0.1) is 0 Å². The molecule has 0 radical (unpaired) electrons. The highest BCUT2D eigenvalue weighted by atomic mass is 16.6. The monoisotopic (exact) mass is 385 g/mol. The standard InChI is InChI=1S/C21H23NO6/c1-25-16-9-6-10-17(26-2)14(16)11-12-20(23)22-13-19(21(24)27-3)28-18-8-5-4-7-15(18)22/h4-10,19H,11-13H2,1-3H3/t19-/m0/s1. The summed E-state index contributed by atoms with van der Waals surface area (Å²) in [6, 6.07) is 12.6. The Morgan fingerprint density at radius 1 is 1.04 bits per heavy atom. The van der Waals surface area contributed by atoms with Crippen LogP contribution in [0.2, 0.25) is 0 Å². The molecule has 0 saturated carbocycles. The van der Waals surface area contributed by atoms with Gasteiger partial charge in [0.2, 0.25) is 12.0 Å². The lowest BCUT2D eigenvalue weighted by Gasteiger charge is -2.33. The SMILES string of the molecule is COC(=O)[C@@H]1CN(C(=O)CCc2c(OC)cccc2OC)c2ccccc2O1. The van der Waals surface area contributed by atoms with Crippen LogP contribution in [0.5, 0.6) is 17.2 Å². The summed E-state index contributed by atoms with van der Waals surface area (Å²) in [6.07, 6.45) is -0.197. The van der Waals surface area contributed by atoms with E-state index in [4.69, 9.17) is 18.9 Å². The van der Waals surface area contributed by atoms with E-state index in [0.717, 1.165) is 5.56 Å². The van der Waals surface area contributed by atoms with Gasteiger partial charge in [-0.2, -0.15) is 0 Å². The Kier molecular flexibility index (Phi) is 6.03. The first-order chi connectivity index (χ1) is 13.6. The highest BCUT2D eigenvalue weighted by molar-refractivity contribution is 5.97. The number of esters is 1. The molecule has 7 nitrogen and oxygen atoms in total. The van der Waals surface area contributed by atoms with E-state index in [9.17, 15) is 9.59 Å². The minimum Gasteiger partial charge on any atom is -0.496 e. The van der Waals surface area contributed by atoms with Gasteiger partial charge in [-0.15, -0.1) is 0 Å². The number of methoxy groups -OCH3 is 3. The molecule has 0 spiro atoms. The third-order valence-corrected chi connectivity index (χ3v) is 4.66. The van der Waals surface area contributed by atoms with Crippen molar-refractivity contribution in [3.63, 3.8) is 0 Å². The normalized spacial score (nSPS) is 15.2. The quantitative estimate of drug-likeness (QED) is 0.712. The average Bonchev–Trinajstić information content (AvgIpc) is 2.75. The molecule has 1 atom stereocenters. The maximum atomic E-state index is 13.0. The molecule has 1 amide bonds. The molecule has 0 aliphatic carbocycles. The van der Waals surface area contributed by atoms with E-state index in [-0.39, 0.29) is 18.9 Å². The largest absolute Gasteiger partial charge is 0.496 e. The minimum atomic E-state index is -0.857. The Hall–Kier alpha value is -3.22. The number of amides is 1. The summed E-state index contributed by atoms with van der Waals surface area (Å²) in [6.45, 7) is 0.103. The molecule has 7 heteroatoms. The van der Waals surface area contributed by atoms with Crippen molar-refractivity contribution < 1.29 is 28.5 Å². The lowest BCUT2D eigenvalue weighted by molar-refractivity contribution is -0.148. The van der Waals surface area contributed by atoms with Gasteiger partial charge >= 0.3 is 5.97 Å². The Bertz CT molecular complexity index is 843. The first-order valence-corrected chi connectivity index (χ1v) is 8.92. The second kappa shape index (κ2) is 8.65. The Morgan fingerprint density at radius 2 is 1.71 bits per heavy atom. The van der Waals surface area contributed by atoms with Crippen molar-refractivity contribution in [3.05, 3.63) is 48.0 Å². The predicted octanol–water partition coefficient (Wildman–Crippen LogP) is 2.60. The van der Waals surface area contributed by atoms with E-state index in [0.29, 0.717) is 29.4 Å². The fourth-order valence-electron chi connectivity index (χ4n) is 3.27. The molecular weight excluding hydrogens is 362 g/mol. The fourth-order valence-corrected chi connectivity index (χ4v) is 3.27. The van der Waals surface area contributed by atoms with E-state index in [1.807, 2.05) is 24.3 Å². The number of carbonyl (C=O) groups excluding carboxylic acids is 2. The van der Waals surface area contributed by atoms with Gasteiger partial charge in [0.25, 0.3) is 0 Å². The van der Waals surface area contributed by atoms with Crippen molar-refractivity contribution in [3.8, 4) is 17.2 Å². The Labute approximate surface area is 163 Å². The zero-order chi connectivity index (χ0) is 20.1. The first kappa shape index (κ1) is 19.5. The van der Waals surface area contributed by atoms with Crippen LogP contribution in [0.1, 0.15) is 12.0 Å². The van der Waals surface area contributed by atoms with E-state index >= 15 is 0 Å². The molecule has 148 valence electrons. The molecule has 1 heterocycles. The smallest absolute Gasteiger partial charge is 0.348 e. The molecule has 1 aliphatic heterocycles. The van der Waals surface area contributed by atoms with Gasteiger partial charge in [0.1, 0.15) is 17.2 Å². The molecule has 0 bridgehead atoms. The van der Waals surface area contributed by atoms with Crippen LogP contribution in [-0.2, 0) is 20.7 Å². The zero-order valence-electron chi connectivity index (χ0n) is 16.1. The van der Waals surface area contributed by atoms with Crippen molar-refractivity contribution in [1.82, 2.24) is 0 Å². The molecule has 0 aromatic heterocycles. The highest BCUT2D eigenvalue weighted by Crippen LogP contribution is 2.35. The highest BCUT2D eigenvalue weighted by Gasteiger charge is 2.34. The summed E-state index contributed by atoms with van der Waals surface area (Å²) >= 11 is 0. The lowest BCUT2D eigenvalue weighted by atomic mass is 10.1. The van der Waals surface area contributed by atoms with Gasteiger partial charge < -0.3 is 23.8 Å². The number of rotatable bonds is 6. The van der Waals surface area contributed by atoms with Crippen molar-refractivity contribution in [2.45, 2.75) is 18.9 Å². The van der Waals surface area contributed by atoms with Crippen LogP contribution in [0.3, 0.4) is 0 Å². The Morgan fingerprint density at radius 3 is 2.36 bits per heavy atom. The molecule has 2 aromatic carbocycles. The van der Waals surface area contributed by atoms with Crippen LogP contribution < -0.4 is 19.1 Å². The van der Waals surface area contributed by atoms with Crippen LogP contribution in [-0.4, -0.2) is 45.9 Å². The number of anilines is 1. The van der Waals surface area contributed by atoms with Crippen LogP contribution in [0.15, 0.2) is 42.5 Å². The average molecular weight is 385 g/mol. The summed E-state index contributed by atoms with van der Waals surface area (Å²) in [5.74, 6) is 1.17. The van der Waals surface area contributed by atoms with E-state index in [1.54, 1.807) is 37.3 Å². The summed E-state index contributed by atoms with van der Waals surface area (Å²) in [5.41, 5.74) is 1.46. The maximum absolute atomic E-state index is 13.0. The molecule has 2 aromatic rings. The summed E-state index contributed by atoms with van der Waals surface area (Å²) in [4.78, 5) is 26.6. The number of fused-ring (bicyclic) bond motifs is 1.